The molecule has 108 valence electrons. The van der Waals surface area contributed by atoms with Crippen LogP contribution in [-0.2, 0) is 6.42 Å². The van der Waals surface area contributed by atoms with Gasteiger partial charge in [0, 0.05) is 24.7 Å². The molecule has 1 N–H and O–H groups in total. The minimum absolute atomic E-state index is 0.871. The van der Waals surface area contributed by atoms with Crippen LogP contribution in [0.15, 0.2) is 12.4 Å². The molecule has 5 heteroatoms. The Morgan fingerprint density at radius 3 is 2.55 bits per heavy atom. The molecule has 0 spiro atoms. The van der Waals surface area contributed by atoms with Gasteiger partial charge in [-0.25, -0.2) is 14.6 Å². The van der Waals surface area contributed by atoms with Crippen molar-refractivity contribution in [2.24, 2.45) is 0 Å². The van der Waals surface area contributed by atoms with Crippen LogP contribution in [0, 0.1) is 13.8 Å². The summed E-state index contributed by atoms with van der Waals surface area (Å²) in [5.41, 5.74) is 2.17. The van der Waals surface area contributed by atoms with Gasteiger partial charge in [0.25, 0.3) is 0 Å². The van der Waals surface area contributed by atoms with Gasteiger partial charge in [-0.3, -0.25) is 0 Å². The highest BCUT2D eigenvalue weighted by Crippen LogP contribution is 2.19. The molecule has 2 aromatic rings. The summed E-state index contributed by atoms with van der Waals surface area (Å²) in [7, 11) is 0. The van der Waals surface area contributed by atoms with Gasteiger partial charge < -0.3 is 5.32 Å². The molecule has 20 heavy (non-hydrogen) atoms. The Balaban J connectivity index is 2.45. The Morgan fingerprint density at radius 1 is 1.15 bits per heavy atom. The number of aryl methyl sites for hydroxylation is 2. The molecule has 0 atom stereocenters. The predicted octanol–water partition coefficient (Wildman–Crippen LogP) is 3.05. The zero-order chi connectivity index (χ0) is 14.5. The fourth-order valence-electron chi connectivity index (χ4n) is 2.05. The van der Waals surface area contributed by atoms with Crippen molar-refractivity contribution in [3.63, 3.8) is 0 Å². The van der Waals surface area contributed by atoms with Gasteiger partial charge in [0.15, 0.2) is 5.82 Å². The standard InChI is InChI=1S/C15H23N5/c1-5-7-13-18-14(16-8-6-2)12(4)15(19-13)20-10-11(3)9-17-20/h9-10H,5-8H2,1-4H3,(H,16,18,19). The summed E-state index contributed by atoms with van der Waals surface area (Å²) in [4.78, 5) is 9.29. The van der Waals surface area contributed by atoms with Crippen LogP contribution in [0.25, 0.3) is 5.82 Å². The van der Waals surface area contributed by atoms with Crippen molar-refractivity contribution in [3.05, 3.63) is 29.3 Å². The molecular formula is C15H23N5. The summed E-state index contributed by atoms with van der Waals surface area (Å²) < 4.78 is 1.84. The van der Waals surface area contributed by atoms with Crippen molar-refractivity contribution < 1.29 is 0 Å². The van der Waals surface area contributed by atoms with Gasteiger partial charge >= 0.3 is 0 Å². The second-order valence-electron chi connectivity index (χ2n) is 5.08. The van der Waals surface area contributed by atoms with Crippen LogP contribution in [0.3, 0.4) is 0 Å². The van der Waals surface area contributed by atoms with Crippen LogP contribution in [0.5, 0.6) is 0 Å². The van der Waals surface area contributed by atoms with Crippen LogP contribution in [0.4, 0.5) is 5.82 Å². The van der Waals surface area contributed by atoms with Crippen molar-refractivity contribution in [1.29, 1.82) is 0 Å². The molecule has 2 rings (SSSR count). The highest BCUT2D eigenvalue weighted by Gasteiger charge is 2.12. The summed E-state index contributed by atoms with van der Waals surface area (Å²) in [5, 5.41) is 7.75. The molecule has 0 saturated carbocycles. The highest BCUT2D eigenvalue weighted by atomic mass is 15.3. The van der Waals surface area contributed by atoms with E-state index in [9.17, 15) is 0 Å². The third kappa shape index (κ3) is 3.15. The first-order chi connectivity index (χ1) is 9.65. The number of hydrogen-bond acceptors (Lipinski definition) is 4. The average Bonchev–Trinajstić information content (AvgIpc) is 2.85. The molecule has 0 bridgehead atoms. The van der Waals surface area contributed by atoms with Crippen LogP contribution in [-0.4, -0.2) is 26.3 Å². The largest absolute Gasteiger partial charge is 0.370 e. The Morgan fingerprint density at radius 2 is 1.95 bits per heavy atom. The van der Waals surface area contributed by atoms with Crippen molar-refractivity contribution >= 4 is 5.82 Å². The molecule has 0 aliphatic heterocycles. The SMILES string of the molecule is CCCNc1nc(CCC)nc(-n2cc(C)cn2)c1C. The van der Waals surface area contributed by atoms with E-state index in [2.05, 4.69) is 34.2 Å². The maximum atomic E-state index is 4.66. The Kier molecular flexibility index (Phi) is 4.71. The molecule has 0 fully saturated rings. The van der Waals surface area contributed by atoms with Crippen molar-refractivity contribution in [2.75, 3.05) is 11.9 Å². The first-order valence-electron chi connectivity index (χ1n) is 7.28. The number of nitrogens with zero attached hydrogens (tertiary/aromatic N) is 4. The van der Waals surface area contributed by atoms with E-state index in [0.29, 0.717) is 0 Å². The molecule has 0 aliphatic carbocycles. The first-order valence-corrected chi connectivity index (χ1v) is 7.28. The second-order valence-corrected chi connectivity index (χ2v) is 5.08. The molecule has 2 heterocycles. The van der Waals surface area contributed by atoms with Crippen LogP contribution in [0.2, 0.25) is 0 Å². The molecule has 0 radical (unpaired) electrons. The van der Waals surface area contributed by atoms with Gasteiger partial charge in [0.05, 0.1) is 6.20 Å². The van der Waals surface area contributed by atoms with E-state index in [1.807, 2.05) is 30.9 Å². The Hall–Kier alpha value is -1.91. The van der Waals surface area contributed by atoms with E-state index in [-0.39, 0.29) is 0 Å². The van der Waals surface area contributed by atoms with E-state index in [0.717, 1.165) is 54.4 Å². The highest BCUT2D eigenvalue weighted by molar-refractivity contribution is 5.51. The van der Waals surface area contributed by atoms with Crippen molar-refractivity contribution in [2.45, 2.75) is 47.0 Å². The van der Waals surface area contributed by atoms with Crippen molar-refractivity contribution in [1.82, 2.24) is 19.7 Å². The van der Waals surface area contributed by atoms with Gasteiger partial charge in [-0.15, -0.1) is 0 Å². The third-order valence-electron chi connectivity index (χ3n) is 3.11. The number of anilines is 1. The molecule has 0 unspecified atom stereocenters. The molecule has 5 nitrogen and oxygen atoms in total. The number of nitrogens with one attached hydrogen (secondary N) is 1. The van der Waals surface area contributed by atoms with Gasteiger partial charge in [-0.2, -0.15) is 5.10 Å². The summed E-state index contributed by atoms with van der Waals surface area (Å²) in [6.07, 6.45) is 6.83. The average molecular weight is 273 g/mol. The topological polar surface area (TPSA) is 55.6 Å². The zero-order valence-electron chi connectivity index (χ0n) is 12.8. The predicted molar refractivity (Wildman–Crippen MR) is 81.4 cm³/mol. The Bertz CT molecular complexity index is 574. The lowest BCUT2D eigenvalue weighted by molar-refractivity contribution is 0.776. The summed E-state index contributed by atoms with van der Waals surface area (Å²) in [6.45, 7) is 9.28. The molecule has 0 amide bonds. The summed E-state index contributed by atoms with van der Waals surface area (Å²) >= 11 is 0. The maximum absolute atomic E-state index is 4.66. The number of hydrogen-bond donors (Lipinski definition) is 1. The van der Waals surface area contributed by atoms with E-state index < -0.39 is 0 Å². The quantitative estimate of drug-likeness (QED) is 0.879. The summed E-state index contributed by atoms with van der Waals surface area (Å²) in [5.74, 6) is 2.67. The van der Waals surface area contributed by atoms with Gasteiger partial charge in [-0.05, 0) is 32.3 Å². The number of aromatic nitrogens is 4. The van der Waals surface area contributed by atoms with Crippen LogP contribution < -0.4 is 5.32 Å². The first kappa shape index (κ1) is 14.5. The van der Waals surface area contributed by atoms with Crippen LogP contribution >= 0.6 is 0 Å². The van der Waals surface area contributed by atoms with E-state index in [1.165, 1.54) is 0 Å². The molecule has 0 aromatic carbocycles. The summed E-state index contributed by atoms with van der Waals surface area (Å²) in [6, 6.07) is 0. The number of rotatable bonds is 6. The monoisotopic (exact) mass is 273 g/mol. The second kappa shape index (κ2) is 6.50. The lowest BCUT2D eigenvalue weighted by atomic mass is 10.2. The fraction of sp³-hybridized carbons (Fsp3) is 0.533. The van der Waals surface area contributed by atoms with E-state index >= 15 is 0 Å². The smallest absolute Gasteiger partial charge is 0.162 e. The molecular weight excluding hydrogens is 250 g/mol. The van der Waals surface area contributed by atoms with Crippen molar-refractivity contribution in [3.8, 4) is 5.82 Å². The lowest BCUT2D eigenvalue weighted by Gasteiger charge is -2.13. The van der Waals surface area contributed by atoms with E-state index in [4.69, 9.17) is 0 Å². The minimum Gasteiger partial charge on any atom is -0.370 e. The van der Waals surface area contributed by atoms with E-state index in [1.54, 1.807) is 0 Å². The van der Waals surface area contributed by atoms with Crippen LogP contribution in [0.1, 0.15) is 43.6 Å². The Labute approximate surface area is 120 Å². The molecule has 0 aliphatic rings. The maximum Gasteiger partial charge on any atom is 0.162 e. The zero-order valence-corrected chi connectivity index (χ0v) is 12.8. The molecule has 2 aromatic heterocycles. The van der Waals surface area contributed by atoms with Gasteiger partial charge in [0.1, 0.15) is 11.6 Å². The molecule has 0 saturated heterocycles. The third-order valence-corrected chi connectivity index (χ3v) is 3.11. The van der Waals surface area contributed by atoms with Gasteiger partial charge in [-0.1, -0.05) is 13.8 Å². The van der Waals surface area contributed by atoms with Gasteiger partial charge in [0.2, 0.25) is 0 Å². The fourth-order valence-corrected chi connectivity index (χ4v) is 2.05. The normalized spacial score (nSPS) is 10.8. The minimum atomic E-state index is 0.871. The lowest BCUT2D eigenvalue weighted by Crippen LogP contribution is -2.12.